The van der Waals surface area contributed by atoms with Crippen LogP contribution in [-0.4, -0.2) is 18.1 Å². The Morgan fingerprint density at radius 3 is 2.53 bits per heavy atom. The molecule has 6 nitrogen and oxygen atoms in total. The molecule has 1 heterocycles. The lowest BCUT2D eigenvalue weighted by Gasteiger charge is -2.14. The van der Waals surface area contributed by atoms with E-state index in [4.69, 9.17) is 21.7 Å². The Kier molecular flexibility index (Phi) is 6.15. The summed E-state index contributed by atoms with van der Waals surface area (Å²) in [6.07, 6.45) is 1.71. The van der Waals surface area contributed by atoms with Gasteiger partial charge in [-0.1, -0.05) is 36.4 Å². The molecule has 3 aromatic rings. The Morgan fingerprint density at radius 2 is 1.78 bits per heavy atom. The van der Waals surface area contributed by atoms with Gasteiger partial charge in [-0.25, -0.2) is 0 Å². The molecule has 3 aromatic carbocycles. The number of carbonyl (C=O) groups excluding carboxylic acids is 1. The molecule has 32 heavy (non-hydrogen) atoms. The van der Waals surface area contributed by atoms with Gasteiger partial charge in [0.2, 0.25) is 0 Å². The molecule has 0 saturated carbocycles. The van der Waals surface area contributed by atoms with Crippen molar-refractivity contribution in [2.45, 2.75) is 6.61 Å². The van der Waals surface area contributed by atoms with Crippen LogP contribution in [0.1, 0.15) is 16.7 Å². The maximum Gasteiger partial charge on any atom is 0.281 e. The summed E-state index contributed by atoms with van der Waals surface area (Å²) >= 11 is 5.39. The first kappa shape index (κ1) is 21.1. The van der Waals surface area contributed by atoms with E-state index >= 15 is 0 Å². The molecule has 0 unspecified atom stereocenters. The number of ether oxygens (including phenoxy) is 2. The van der Waals surface area contributed by atoms with Crippen molar-refractivity contribution in [2.75, 3.05) is 12.0 Å². The summed E-state index contributed by atoms with van der Waals surface area (Å²) in [7, 11) is 1.58. The highest BCUT2D eigenvalue weighted by Gasteiger charge is 2.32. The van der Waals surface area contributed by atoms with E-state index in [2.05, 4.69) is 11.4 Å². The second-order valence-electron chi connectivity index (χ2n) is 6.92. The molecule has 1 amide bonds. The predicted octanol–water partition coefficient (Wildman–Crippen LogP) is 4.41. The topological polar surface area (TPSA) is 74.6 Å². The monoisotopic (exact) mass is 441 g/mol. The largest absolute Gasteiger partial charge is 0.497 e. The van der Waals surface area contributed by atoms with Crippen LogP contribution in [0.3, 0.4) is 0 Å². The molecule has 0 aliphatic carbocycles. The molecule has 0 spiro atoms. The van der Waals surface area contributed by atoms with E-state index in [0.717, 1.165) is 11.1 Å². The van der Waals surface area contributed by atoms with Crippen molar-refractivity contribution in [1.29, 1.82) is 5.26 Å². The fourth-order valence-electron chi connectivity index (χ4n) is 3.30. The third kappa shape index (κ3) is 4.31. The summed E-state index contributed by atoms with van der Waals surface area (Å²) in [5, 5.41) is 12.6. The highest BCUT2D eigenvalue weighted by Crippen LogP contribution is 2.27. The molecule has 1 N–H and O–H groups in total. The van der Waals surface area contributed by atoms with Gasteiger partial charge in [0.1, 0.15) is 23.8 Å². The smallest absolute Gasteiger partial charge is 0.281 e. The van der Waals surface area contributed by atoms with E-state index < -0.39 is 0 Å². The number of nitrogens with zero attached hydrogens (tertiary/aromatic N) is 2. The van der Waals surface area contributed by atoms with E-state index in [9.17, 15) is 10.1 Å². The number of hydrogen-bond donors (Lipinski definition) is 1. The lowest BCUT2D eigenvalue weighted by Crippen LogP contribution is -2.30. The van der Waals surface area contributed by atoms with Crippen molar-refractivity contribution in [3.05, 3.63) is 95.2 Å². The molecule has 0 aromatic heterocycles. The number of methoxy groups -OCH3 is 1. The molecular formula is C25H19N3O3S. The van der Waals surface area contributed by atoms with Gasteiger partial charge in [0.25, 0.3) is 5.91 Å². The van der Waals surface area contributed by atoms with Crippen molar-refractivity contribution in [3.8, 4) is 17.6 Å². The van der Waals surface area contributed by atoms with Gasteiger partial charge in [-0.2, -0.15) is 5.26 Å². The van der Waals surface area contributed by atoms with Crippen LogP contribution >= 0.6 is 12.2 Å². The summed E-state index contributed by atoms with van der Waals surface area (Å²) < 4.78 is 11.2. The lowest BCUT2D eigenvalue weighted by atomic mass is 10.1. The zero-order chi connectivity index (χ0) is 22.5. The number of para-hydroxylation sites is 1. The van der Waals surface area contributed by atoms with Crippen molar-refractivity contribution in [3.63, 3.8) is 0 Å². The molecule has 158 valence electrons. The van der Waals surface area contributed by atoms with Crippen LogP contribution in [0.5, 0.6) is 11.5 Å². The van der Waals surface area contributed by atoms with Crippen LogP contribution in [0.4, 0.5) is 5.69 Å². The highest BCUT2D eigenvalue weighted by atomic mass is 32.1. The van der Waals surface area contributed by atoms with Crippen LogP contribution in [0, 0.1) is 11.3 Å². The molecular weight excluding hydrogens is 422 g/mol. The van der Waals surface area contributed by atoms with Crippen LogP contribution in [0.15, 0.2) is 78.5 Å². The van der Waals surface area contributed by atoms with Gasteiger partial charge in [0, 0.05) is 11.1 Å². The third-order valence-electron chi connectivity index (χ3n) is 4.95. The Bertz CT molecular complexity index is 1250. The van der Waals surface area contributed by atoms with Gasteiger partial charge in [-0.15, -0.1) is 0 Å². The number of anilines is 1. The summed E-state index contributed by atoms with van der Waals surface area (Å²) in [6.45, 7) is 0.238. The normalized spacial score (nSPS) is 14.2. The number of benzene rings is 3. The van der Waals surface area contributed by atoms with Crippen molar-refractivity contribution >= 4 is 35.0 Å². The first-order valence-electron chi connectivity index (χ1n) is 9.81. The minimum absolute atomic E-state index is 0.238. The molecule has 0 atom stereocenters. The van der Waals surface area contributed by atoms with Crippen molar-refractivity contribution in [1.82, 2.24) is 5.32 Å². The van der Waals surface area contributed by atoms with Crippen LogP contribution < -0.4 is 19.7 Å². The average Bonchev–Trinajstić information content (AvgIpc) is 3.11. The van der Waals surface area contributed by atoms with E-state index in [0.29, 0.717) is 33.6 Å². The second kappa shape index (κ2) is 9.33. The summed E-state index contributed by atoms with van der Waals surface area (Å²) in [5.41, 5.74) is 3.07. The van der Waals surface area contributed by atoms with Gasteiger partial charge in [-0.3, -0.25) is 9.69 Å². The van der Waals surface area contributed by atoms with Gasteiger partial charge in [0.05, 0.1) is 24.4 Å². The van der Waals surface area contributed by atoms with E-state index in [1.807, 2.05) is 42.5 Å². The number of rotatable bonds is 6. The summed E-state index contributed by atoms with van der Waals surface area (Å²) in [5.74, 6) is 1.03. The molecule has 1 aliphatic heterocycles. The first-order chi connectivity index (χ1) is 15.6. The average molecular weight is 442 g/mol. The fourth-order valence-corrected chi connectivity index (χ4v) is 3.60. The Hall–Kier alpha value is -4.15. The minimum Gasteiger partial charge on any atom is -0.497 e. The standard InChI is InChI=1S/C25H19N3O3S/c1-30-21-12-10-20(11-13-21)28-24(29)22(27-25(28)32)14-17-6-4-5-9-23(17)31-16-19-8-3-2-7-18(19)15-26/h2-14H,16H2,1H3,(H,27,32)/b22-14-. The predicted molar refractivity (Wildman–Crippen MR) is 126 cm³/mol. The third-order valence-corrected chi connectivity index (χ3v) is 5.23. The summed E-state index contributed by atoms with van der Waals surface area (Å²) in [6, 6.07) is 23.9. The summed E-state index contributed by atoms with van der Waals surface area (Å²) in [4.78, 5) is 14.5. The second-order valence-corrected chi connectivity index (χ2v) is 7.31. The zero-order valence-corrected chi connectivity index (χ0v) is 18.1. The van der Waals surface area contributed by atoms with Crippen LogP contribution in [0.25, 0.3) is 6.08 Å². The van der Waals surface area contributed by atoms with Gasteiger partial charge >= 0.3 is 0 Å². The molecule has 0 bridgehead atoms. The Balaban J connectivity index is 1.57. The maximum atomic E-state index is 13.0. The first-order valence-corrected chi connectivity index (χ1v) is 10.2. The van der Waals surface area contributed by atoms with Gasteiger partial charge in [-0.05, 0) is 54.7 Å². The molecule has 0 radical (unpaired) electrons. The molecule has 4 rings (SSSR count). The number of hydrogen-bond acceptors (Lipinski definition) is 5. The Labute approximate surface area is 191 Å². The van der Waals surface area contributed by atoms with Gasteiger partial charge < -0.3 is 14.8 Å². The number of thiocarbonyl (C=S) groups is 1. The quantitative estimate of drug-likeness (QED) is 0.451. The molecule has 1 aliphatic rings. The number of amides is 1. The molecule has 1 saturated heterocycles. The molecule has 7 heteroatoms. The number of nitrogens with one attached hydrogen (secondary N) is 1. The number of nitriles is 1. The zero-order valence-electron chi connectivity index (χ0n) is 17.2. The Morgan fingerprint density at radius 1 is 1.06 bits per heavy atom. The highest BCUT2D eigenvalue weighted by molar-refractivity contribution is 7.80. The van der Waals surface area contributed by atoms with E-state index in [-0.39, 0.29) is 12.5 Å². The van der Waals surface area contributed by atoms with Crippen molar-refractivity contribution < 1.29 is 14.3 Å². The fraction of sp³-hybridized carbons (Fsp3) is 0.0800. The number of carbonyl (C=O) groups is 1. The lowest BCUT2D eigenvalue weighted by molar-refractivity contribution is -0.113. The van der Waals surface area contributed by atoms with E-state index in [1.54, 1.807) is 43.5 Å². The SMILES string of the molecule is COc1ccc(N2C(=O)/C(=C/c3ccccc3OCc3ccccc3C#N)NC2=S)cc1. The maximum absolute atomic E-state index is 13.0. The molecule has 1 fully saturated rings. The minimum atomic E-state index is -0.259. The van der Waals surface area contributed by atoms with Crippen LogP contribution in [0.2, 0.25) is 0 Å². The van der Waals surface area contributed by atoms with Gasteiger partial charge in [0.15, 0.2) is 5.11 Å². The van der Waals surface area contributed by atoms with E-state index in [1.165, 1.54) is 4.90 Å². The van der Waals surface area contributed by atoms with Crippen molar-refractivity contribution in [2.24, 2.45) is 0 Å². The van der Waals surface area contributed by atoms with Crippen LogP contribution in [-0.2, 0) is 11.4 Å².